The van der Waals surface area contributed by atoms with Gasteiger partial charge in [-0.25, -0.2) is 9.79 Å². The molecule has 0 fully saturated rings. The summed E-state index contributed by atoms with van der Waals surface area (Å²) in [5, 5.41) is 5.79. The Morgan fingerprint density at radius 3 is 2.17 bits per heavy atom. The lowest BCUT2D eigenvalue weighted by Gasteiger charge is -2.35. The number of halogens is 1. The molecule has 1 heterocycles. The normalized spacial score (nSPS) is 22.4. The number of rotatable bonds is 8. The molecule has 30 heavy (non-hydrogen) atoms. The maximum Gasteiger partial charge on any atom is 0.340 e. The van der Waals surface area contributed by atoms with Crippen molar-refractivity contribution in [2.24, 2.45) is 4.99 Å². The third-order valence-electron chi connectivity index (χ3n) is 5.94. The Kier molecular flexibility index (Phi) is 7.12. The largest absolute Gasteiger partial charge is 0.407 e. The molecule has 1 aliphatic rings. The van der Waals surface area contributed by atoms with E-state index in [9.17, 15) is 14.4 Å². The number of carbonyl (C=O) groups is 3. The molecule has 0 unspecified atom stereocenters. The molecule has 7 nitrogen and oxygen atoms in total. The van der Waals surface area contributed by atoms with Gasteiger partial charge in [0.1, 0.15) is 11.1 Å². The summed E-state index contributed by atoms with van der Waals surface area (Å²) < 4.78 is 6.30. The van der Waals surface area contributed by atoms with Gasteiger partial charge in [0.25, 0.3) is 5.91 Å². The molecule has 164 valence electrons. The van der Waals surface area contributed by atoms with Crippen molar-refractivity contribution >= 4 is 39.6 Å². The number of cyclic esters (lactones) is 1. The SMILES string of the molecule is CC[C@@]1(C)N=C([C@](C)(CC)NC(=O)[C@@](C)(CC)NC(=O)c2ccc(Br)cc2)OC1=O. The summed E-state index contributed by atoms with van der Waals surface area (Å²) in [5.74, 6) is -0.937. The molecule has 0 saturated carbocycles. The zero-order valence-electron chi connectivity index (χ0n) is 18.4. The first-order chi connectivity index (χ1) is 13.9. The average molecular weight is 480 g/mol. The van der Waals surface area contributed by atoms with E-state index in [4.69, 9.17) is 4.74 Å². The number of amides is 2. The van der Waals surface area contributed by atoms with Crippen LogP contribution in [0.2, 0.25) is 0 Å². The molecular weight excluding hydrogens is 450 g/mol. The summed E-state index contributed by atoms with van der Waals surface area (Å²) in [7, 11) is 0. The van der Waals surface area contributed by atoms with E-state index in [0.29, 0.717) is 24.8 Å². The van der Waals surface area contributed by atoms with E-state index < -0.39 is 22.6 Å². The zero-order valence-corrected chi connectivity index (χ0v) is 20.0. The Balaban J connectivity index is 2.23. The van der Waals surface area contributed by atoms with Crippen LogP contribution in [0.5, 0.6) is 0 Å². The third-order valence-corrected chi connectivity index (χ3v) is 6.47. The van der Waals surface area contributed by atoms with Crippen molar-refractivity contribution in [3.8, 4) is 0 Å². The molecule has 8 heteroatoms. The van der Waals surface area contributed by atoms with Crippen LogP contribution in [-0.2, 0) is 14.3 Å². The van der Waals surface area contributed by atoms with Gasteiger partial charge < -0.3 is 15.4 Å². The molecule has 0 aromatic heterocycles. The number of hydrogen-bond donors (Lipinski definition) is 2. The number of ether oxygens (including phenoxy) is 1. The van der Waals surface area contributed by atoms with Crippen LogP contribution >= 0.6 is 15.9 Å². The maximum atomic E-state index is 13.2. The number of aliphatic imine (C=N–C) groups is 1. The molecule has 2 N–H and O–H groups in total. The highest BCUT2D eigenvalue weighted by atomic mass is 79.9. The number of nitrogens with zero attached hydrogens (tertiary/aromatic N) is 1. The first-order valence-corrected chi connectivity index (χ1v) is 11.0. The Hall–Kier alpha value is -2.22. The number of carbonyl (C=O) groups excluding carboxylic acids is 3. The minimum atomic E-state index is -1.15. The lowest BCUT2D eigenvalue weighted by Crippen LogP contribution is -2.63. The van der Waals surface area contributed by atoms with Crippen LogP contribution in [0.1, 0.15) is 71.2 Å². The van der Waals surface area contributed by atoms with Gasteiger partial charge in [-0.1, -0.05) is 36.7 Å². The van der Waals surface area contributed by atoms with Crippen molar-refractivity contribution < 1.29 is 19.1 Å². The second kappa shape index (κ2) is 8.88. The van der Waals surface area contributed by atoms with E-state index in [1.165, 1.54) is 0 Å². The maximum absolute atomic E-state index is 13.2. The zero-order chi connectivity index (χ0) is 22.7. The van der Waals surface area contributed by atoms with Gasteiger partial charge in [0.15, 0.2) is 5.54 Å². The average Bonchev–Trinajstić information content (AvgIpc) is 3.03. The molecule has 2 rings (SSSR count). The van der Waals surface area contributed by atoms with Crippen molar-refractivity contribution in [2.75, 3.05) is 0 Å². The van der Waals surface area contributed by atoms with Crippen LogP contribution in [0.15, 0.2) is 33.7 Å². The molecule has 1 aromatic rings. The first kappa shape index (κ1) is 24.1. The van der Waals surface area contributed by atoms with Gasteiger partial charge >= 0.3 is 5.97 Å². The molecule has 1 aliphatic heterocycles. The fraction of sp³-hybridized carbons (Fsp3) is 0.545. The highest BCUT2D eigenvalue weighted by Crippen LogP contribution is 2.29. The van der Waals surface area contributed by atoms with Gasteiger partial charge in [-0.3, -0.25) is 9.59 Å². The van der Waals surface area contributed by atoms with Gasteiger partial charge in [0.2, 0.25) is 11.8 Å². The molecule has 3 atom stereocenters. The second-order valence-electron chi connectivity index (χ2n) is 8.22. The fourth-order valence-corrected chi connectivity index (χ4v) is 3.13. The minimum absolute atomic E-state index is 0.199. The lowest BCUT2D eigenvalue weighted by atomic mass is 9.92. The predicted octanol–water partition coefficient (Wildman–Crippen LogP) is 3.76. The van der Waals surface area contributed by atoms with E-state index in [1.54, 1.807) is 45.0 Å². The topological polar surface area (TPSA) is 96.9 Å². The van der Waals surface area contributed by atoms with Gasteiger partial charge in [-0.15, -0.1) is 0 Å². The van der Waals surface area contributed by atoms with E-state index in [2.05, 4.69) is 31.6 Å². The van der Waals surface area contributed by atoms with Crippen molar-refractivity contribution in [3.05, 3.63) is 34.3 Å². The van der Waals surface area contributed by atoms with E-state index in [1.807, 2.05) is 20.8 Å². The van der Waals surface area contributed by atoms with Gasteiger partial charge in [-0.05, 0) is 64.3 Å². The third kappa shape index (κ3) is 4.74. The Bertz CT molecular complexity index is 870. The Morgan fingerprint density at radius 2 is 1.70 bits per heavy atom. The number of benzene rings is 1. The van der Waals surface area contributed by atoms with E-state index in [0.717, 1.165) is 4.47 Å². The highest BCUT2D eigenvalue weighted by Gasteiger charge is 2.48. The quantitative estimate of drug-likeness (QED) is 0.554. The lowest BCUT2D eigenvalue weighted by molar-refractivity contribution is -0.139. The summed E-state index contributed by atoms with van der Waals surface area (Å²) in [6, 6.07) is 6.90. The Labute approximate surface area is 186 Å². The summed E-state index contributed by atoms with van der Waals surface area (Å²) >= 11 is 3.34. The Morgan fingerprint density at radius 1 is 1.10 bits per heavy atom. The van der Waals surface area contributed by atoms with E-state index in [-0.39, 0.29) is 17.7 Å². The number of hydrogen-bond acceptors (Lipinski definition) is 5. The van der Waals surface area contributed by atoms with Gasteiger partial charge in [0, 0.05) is 10.0 Å². The van der Waals surface area contributed by atoms with Crippen molar-refractivity contribution in [1.82, 2.24) is 10.6 Å². The monoisotopic (exact) mass is 479 g/mol. The molecular formula is C22H30BrN3O4. The minimum Gasteiger partial charge on any atom is -0.407 e. The van der Waals surface area contributed by atoms with Crippen LogP contribution in [0.25, 0.3) is 0 Å². The highest BCUT2D eigenvalue weighted by molar-refractivity contribution is 9.10. The number of nitrogens with one attached hydrogen (secondary N) is 2. The molecule has 0 spiro atoms. The molecule has 2 amide bonds. The fourth-order valence-electron chi connectivity index (χ4n) is 2.86. The smallest absolute Gasteiger partial charge is 0.340 e. The van der Waals surface area contributed by atoms with Crippen LogP contribution in [-0.4, -0.2) is 40.3 Å². The molecule has 0 aliphatic carbocycles. The number of esters is 1. The predicted molar refractivity (Wildman–Crippen MR) is 119 cm³/mol. The van der Waals surface area contributed by atoms with Crippen LogP contribution in [0.3, 0.4) is 0 Å². The van der Waals surface area contributed by atoms with Crippen molar-refractivity contribution in [3.63, 3.8) is 0 Å². The first-order valence-electron chi connectivity index (χ1n) is 10.2. The summed E-state index contributed by atoms with van der Waals surface area (Å²) in [6.07, 6.45) is 1.34. The van der Waals surface area contributed by atoms with Crippen LogP contribution in [0, 0.1) is 0 Å². The van der Waals surface area contributed by atoms with E-state index >= 15 is 0 Å². The standard InChI is InChI=1S/C22H30BrN3O4/c1-7-20(4,24-16(27)14-10-12-15(23)13-11-14)17(28)25-21(5,8-2)18-26-22(6,9-3)19(29)30-18/h10-13H,7-9H2,1-6H3,(H,24,27)(H,25,28)/t20-,21+,22-/m1/s1. The van der Waals surface area contributed by atoms with Crippen molar-refractivity contribution in [2.45, 2.75) is 77.4 Å². The summed E-state index contributed by atoms with van der Waals surface area (Å²) in [6.45, 7) is 10.7. The second-order valence-corrected chi connectivity index (χ2v) is 9.14. The van der Waals surface area contributed by atoms with Crippen molar-refractivity contribution in [1.29, 1.82) is 0 Å². The molecule has 0 saturated heterocycles. The molecule has 1 aromatic carbocycles. The summed E-state index contributed by atoms with van der Waals surface area (Å²) in [4.78, 5) is 42.7. The van der Waals surface area contributed by atoms with Crippen LogP contribution < -0.4 is 10.6 Å². The van der Waals surface area contributed by atoms with Crippen LogP contribution in [0.4, 0.5) is 0 Å². The van der Waals surface area contributed by atoms with Gasteiger partial charge in [0.05, 0.1) is 0 Å². The molecule has 0 bridgehead atoms. The summed E-state index contributed by atoms with van der Waals surface area (Å²) in [5.41, 5.74) is -2.62. The van der Waals surface area contributed by atoms with Gasteiger partial charge in [-0.2, -0.15) is 0 Å². The molecule has 0 radical (unpaired) electrons.